The smallest absolute Gasteiger partial charge is 0.283 e. The van der Waals surface area contributed by atoms with E-state index in [2.05, 4.69) is 10.3 Å². The number of aliphatic imine (C=N–C) groups is 1. The van der Waals surface area contributed by atoms with Crippen LogP contribution in [0.15, 0.2) is 53.2 Å². The summed E-state index contributed by atoms with van der Waals surface area (Å²) < 4.78 is 16.4. The van der Waals surface area contributed by atoms with Gasteiger partial charge in [-0.05, 0) is 55.7 Å². The number of anilines is 1. The van der Waals surface area contributed by atoms with Crippen LogP contribution in [0.1, 0.15) is 24.0 Å². The molecule has 1 fully saturated rings. The van der Waals surface area contributed by atoms with Crippen LogP contribution in [-0.4, -0.2) is 48.8 Å². The first-order valence-corrected chi connectivity index (χ1v) is 12.2. The molecule has 1 N–H and O–H groups in total. The van der Waals surface area contributed by atoms with Gasteiger partial charge in [0.2, 0.25) is 12.7 Å². The van der Waals surface area contributed by atoms with E-state index < -0.39 is 0 Å². The number of hydrogen-bond acceptors (Lipinski definition) is 7. The van der Waals surface area contributed by atoms with Crippen molar-refractivity contribution in [2.24, 2.45) is 4.99 Å². The van der Waals surface area contributed by atoms with Gasteiger partial charge in [-0.1, -0.05) is 35.5 Å². The summed E-state index contributed by atoms with van der Waals surface area (Å²) in [4.78, 5) is 31.9. The first-order chi connectivity index (χ1) is 16.6. The molecule has 0 radical (unpaired) electrons. The second kappa shape index (κ2) is 9.90. The van der Waals surface area contributed by atoms with Crippen LogP contribution in [0.25, 0.3) is 6.08 Å². The Morgan fingerprint density at radius 1 is 1.21 bits per heavy atom. The van der Waals surface area contributed by atoms with Crippen LogP contribution in [0.2, 0.25) is 0 Å². The lowest BCUT2D eigenvalue weighted by atomic mass is 10.1. The Hall–Kier alpha value is -3.30. The lowest BCUT2D eigenvalue weighted by Crippen LogP contribution is -2.35. The highest BCUT2D eigenvalue weighted by atomic mass is 32.2. The molecule has 0 aromatic heterocycles. The van der Waals surface area contributed by atoms with Gasteiger partial charge in [-0.15, -0.1) is 0 Å². The van der Waals surface area contributed by atoms with Gasteiger partial charge in [0.05, 0.1) is 17.5 Å². The molecule has 176 valence electrons. The van der Waals surface area contributed by atoms with Crippen molar-refractivity contribution in [2.45, 2.75) is 25.9 Å². The summed E-state index contributed by atoms with van der Waals surface area (Å²) in [7, 11) is 0. The Labute approximate surface area is 202 Å². The zero-order chi connectivity index (χ0) is 23.5. The molecule has 0 saturated carbocycles. The SMILES string of the molecule is Cc1ccc(N2C(=O)/C(=C\c3ccc4c(c3)OCO4)N=C2SCC(=O)NC[C@@H]2CCCO2)cc1. The van der Waals surface area contributed by atoms with E-state index >= 15 is 0 Å². The predicted octanol–water partition coefficient (Wildman–Crippen LogP) is 3.50. The fraction of sp³-hybridized carbons (Fsp3) is 0.320. The number of carbonyl (C=O) groups excluding carboxylic acids is 2. The number of thioether (sulfide) groups is 1. The third kappa shape index (κ3) is 4.95. The molecule has 3 aliphatic heterocycles. The predicted molar refractivity (Wildman–Crippen MR) is 131 cm³/mol. The van der Waals surface area contributed by atoms with Gasteiger partial charge in [0, 0.05) is 13.2 Å². The van der Waals surface area contributed by atoms with Crippen LogP contribution >= 0.6 is 11.8 Å². The molecule has 1 atom stereocenters. The summed E-state index contributed by atoms with van der Waals surface area (Å²) in [6.45, 7) is 3.42. The molecule has 1 saturated heterocycles. The summed E-state index contributed by atoms with van der Waals surface area (Å²) in [5, 5.41) is 3.38. The molecule has 2 amide bonds. The first kappa shape index (κ1) is 22.5. The third-order valence-corrected chi connectivity index (χ3v) is 6.64. The van der Waals surface area contributed by atoms with Crippen LogP contribution in [0.3, 0.4) is 0 Å². The number of amides is 2. The van der Waals surface area contributed by atoms with E-state index in [0.717, 1.165) is 30.6 Å². The fourth-order valence-corrected chi connectivity index (χ4v) is 4.73. The van der Waals surface area contributed by atoms with Crippen molar-refractivity contribution in [1.29, 1.82) is 0 Å². The fourth-order valence-electron chi connectivity index (χ4n) is 3.89. The van der Waals surface area contributed by atoms with Crippen molar-refractivity contribution in [3.8, 4) is 11.5 Å². The average molecular weight is 480 g/mol. The Morgan fingerprint density at radius 2 is 2.03 bits per heavy atom. The van der Waals surface area contributed by atoms with Crippen molar-refractivity contribution in [3.63, 3.8) is 0 Å². The summed E-state index contributed by atoms with van der Waals surface area (Å²) in [6, 6.07) is 13.1. The van der Waals surface area contributed by atoms with Gasteiger partial charge in [0.15, 0.2) is 16.7 Å². The lowest BCUT2D eigenvalue weighted by Gasteiger charge is -2.18. The van der Waals surface area contributed by atoms with Crippen LogP contribution < -0.4 is 19.7 Å². The van der Waals surface area contributed by atoms with E-state index in [1.165, 1.54) is 11.8 Å². The molecule has 34 heavy (non-hydrogen) atoms. The lowest BCUT2D eigenvalue weighted by molar-refractivity contribution is -0.119. The molecule has 3 heterocycles. The summed E-state index contributed by atoms with van der Waals surface area (Å²) in [6.07, 6.45) is 3.79. The van der Waals surface area contributed by atoms with Crippen molar-refractivity contribution >= 4 is 40.5 Å². The number of fused-ring (bicyclic) bond motifs is 1. The largest absolute Gasteiger partial charge is 0.454 e. The monoisotopic (exact) mass is 479 g/mol. The average Bonchev–Trinajstić information content (AvgIpc) is 3.58. The van der Waals surface area contributed by atoms with Crippen molar-refractivity contribution in [3.05, 3.63) is 59.3 Å². The standard InChI is InChI=1S/C25H25N3O5S/c1-16-4-7-18(8-5-16)28-24(30)20(11-17-6-9-21-22(12-17)33-15-32-21)27-25(28)34-14-23(29)26-13-19-3-2-10-31-19/h4-9,11-12,19H,2-3,10,13-15H2,1H3,(H,26,29)/b20-11+/t19-/m0/s1. The molecule has 8 nitrogen and oxygen atoms in total. The molecule has 0 bridgehead atoms. The van der Waals surface area contributed by atoms with Crippen LogP contribution in [-0.2, 0) is 14.3 Å². The van der Waals surface area contributed by atoms with Gasteiger partial charge >= 0.3 is 0 Å². The van der Waals surface area contributed by atoms with Gasteiger partial charge in [-0.3, -0.25) is 14.5 Å². The van der Waals surface area contributed by atoms with Gasteiger partial charge in [0.1, 0.15) is 5.70 Å². The van der Waals surface area contributed by atoms with Crippen molar-refractivity contribution < 1.29 is 23.8 Å². The molecular formula is C25H25N3O5S. The number of aryl methyl sites for hydroxylation is 1. The van der Waals surface area contributed by atoms with Gasteiger partial charge < -0.3 is 19.5 Å². The molecule has 2 aromatic carbocycles. The van der Waals surface area contributed by atoms with Crippen molar-refractivity contribution in [1.82, 2.24) is 5.32 Å². The Morgan fingerprint density at radius 3 is 2.82 bits per heavy atom. The Kier molecular flexibility index (Phi) is 6.55. The van der Waals surface area contributed by atoms with Gasteiger partial charge in [-0.25, -0.2) is 4.99 Å². The van der Waals surface area contributed by atoms with E-state index in [9.17, 15) is 9.59 Å². The van der Waals surface area contributed by atoms with E-state index in [1.807, 2.05) is 49.4 Å². The van der Waals surface area contributed by atoms with Crippen LogP contribution in [0.4, 0.5) is 5.69 Å². The molecular weight excluding hydrogens is 454 g/mol. The van der Waals surface area contributed by atoms with Gasteiger partial charge in [-0.2, -0.15) is 0 Å². The molecule has 2 aromatic rings. The van der Waals surface area contributed by atoms with E-state index in [-0.39, 0.29) is 30.5 Å². The number of nitrogens with one attached hydrogen (secondary N) is 1. The Bertz CT molecular complexity index is 1160. The molecule has 0 aliphatic carbocycles. The third-order valence-electron chi connectivity index (χ3n) is 5.71. The molecule has 0 unspecified atom stereocenters. The highest BCUT2D eigenvalue weighted by molar-refractivity contribution is 8.14. The number of benzene rings is 2. The minimum atomic E-state index is -0.246. The van der Waals surface area contributed by atoms with E-state index in [1.54, 1.807) is 11.0 Å². The number of rotatable bonds is 6. The number of hydrogen-bond donors (Lipinski definition) is 1. The maximum Gasteiger partial charge on any atom is 0.283 e. The minimum absolute atomic E-state index is 0.0830. The van der Waals surface area contributed by atoms with Crippen LogP contribution in [0, 0.1) is 6.92 Å². The van der Waals surface area contributed by atoms with Gasteiger partial charge in [0.25, 0.3) is 5.91 Å². The molecule has 5 rings (SSSR count). The van der Waals surface area contributed by atoms with E-state index in [0.29, 0.717) is 34.6 Å². The summed E-state index contributed by atoms with van der Waals surface area (Å²) in [5.74, 6) is 1.10. The van der Waals surface area contributed by atoms with Crippen LogP contribution in [0.5, 0.6) is 11.5 Å². The second-order valence-electron chi connectivity index (χ2n) is 8.24. The highest BCUT2D eigenvalue weighted by Crippen LogP contribution is 2.34. The molecule has 3 aliphatic rings. The van der Waals surface area contributed by atoms with E-state index in [4.69, 9.17) is 14.2 Å². The zero-order valence-corrected chi connectivity index (χ0v) is 19.6. The topological polar surface area (TPSA) is 89.5 Å². The quantitative estimate of drug-likeness (QED) is 0.638. The zero-order valence-electron chi connectivity index (χ0n) is 18.8. The number of amidine groups is 1. The normalized spacial score (nSPS) is 20.2. The molecule has 0 spiro atoms. The number of carbonyl (C=O) groups is 2. The minimum Gasteiger partial charge on any atom is -0.454 e. The first-order valence-electron chi connectivity index (χ1n) is 11.2. The highest BCUT2D eigenvalue weighted by Gasteiger charge is 2.32. The maximum atomic E-state index is 13.3. The number of ether oxygens (including phenoxy) is 3. The molecule has 9 heteroatoms. The Balaban J connectivity index is 1.34. The van der Waals surface area contributed by atoms with Crippen molar-refractivity contribution in [2.75, 3.05) is 30.6 Å². The summed E-state index contributed by atoms with van der Waals surface area (Å²) in [5.41, 5.74) is 2.87. The summed E-state index contributed by atoms with van der Waals surface area (Å²) >= 11 is 1.24. The number of nitrogens with zero attached hydrogens (tertiary/aromatic N) is 2. The second-order valence-corrected chi connectivity index (χ2v) is 9.18. The maximum absolute atomic E-state index is 13.3.